The number of nitrogens with zero attached hydrogens (tertiary/aromatic N) is 1. The number of rotatable bonds is 12. The molecule has 3 aromatic rings. The van der Waals surface area contributed by atoms with Crippen molar-refractivity contribution < 1.29 is 32.2 Å². The Kier molecular flexibility index (Phi) is 9.91. The lowest BCUT2D eigenvalue weighted by Crippen LogP contribution is -2.31. The smallest absolute Gasteiger partial charge is 0.262 e. The van der Waals surface area contributed by atoms with Crippen LogP contribution in [0.2, 0.25) is 0 Å². The zero-order chi connectivity index (χ0) is 28.6. The molecular formula is C28H33N3O7S. The first-order valence-corrected chi connectivity index (χ1v) is 13.7. The van der Waals surface area contributed by atoms with Gasteiger partial charge in [0.2, 0.25) is 10.0 Å². The van der Waals surface area contributed by atoms with Crippen molar-refractivity contribution in [3.8, 4) is 17.2 Å². The molecule has 3 rings (SSSR count). The maximum absolute atomic E-state index is 13.0. The van der Waals surface area contributed by atoms with E-state index in [2.05, 4.69) is 10.6 Å². The summed E-state index contributed by atoms with van der Waals surface area (Å²) in [4.78, 5) is 25.5. The summed E-state index contributed by atoms with van der Waals surface area (Å²) in [5, 5.41) is 5.46. The Balaban J connectivity index is 1.72. The first-order valence-electron chi connectivity index (χ1n) is 12.3. The fourth-order valence-corrected chi connectivity index (χ4v) is 5.58. The van der Waals surface area contributed by atoms with Crippen LogP contribution in [-0.2, 0) is 14.8 Å². The van der Waals surface area contributed by atoms with E-state index in [-0.39, 0.29) is 28.6 Å². The number of hydrogen-bond acceptors (Lipinski definition) is 7. The highest BCUT2D eigenvalue weighted by molar-refractivity contribution is 7.89. The van der Waals surface area contributed by atoms with E-state index in [9.17, 15) is 18.0 Å². The van der Waals surface area contributed by atoms with E-state index < -0.39 is 21.8 Å². The number of methoxy groups -OCH3 is 2. The summed E-state index contributed by atoms with van der Waals surface area (Å²) >= 11 is 0. The molecule has 0 heterocycles. The van der Waals surface area contributed by atoms with Crippen molar-refractivity contribution in [2.75, 3.05) is 44.5 Å². The van der Waals surface area contributed by atoms with Crippen LogP contribution in [0, 0.1) is 6.92 Å². The van der Waals surface area contributed by atoms with E-state index in [4.69, 9.17) is 14.2 Å². The van der Waals surface area contributed by atoms with Gasteiger partial charge in [-0.1, -0.05) is 32.0 Å². The minimum Gasteiger partial charge on any atom is -0.495 e. The largest absolute Gasteiger partial charge is 0.495 e. The lowest BCUT2D eigenvalue weighted by Gasteiger charge is -2.20. The summed E-state index contributed by atoms with van der Waals surface area (Å²) in [6, 6.07) is 16.3. The fraction of sp³-hybridized carbons (Fsp3) is 0.286. The van der Waals surface area contributed by atoms with Crippen LogP contribution in [0.5, 0.6) is 17.2 Å². The van der Waals surface area contributed by atoms with Gasteiger partial charge in [0.1, 0.15) is 5.75 Å². The van der Waals surface area contributed by atoms with E-state index in [0.29, 0.717) is 35.8 Å². The summed E-state index contributed by atoms with van der Waals surface area (Å²) in [7, 11) is -0.773. The van der Waals surface area contributed by atoms with Gasteiger partial charge >= 0.3 is 0 Å². The molecule has 10 nitrogen and oxygen atoms in total. The van der Waals surface area contributed by atoms with Crippen LogP contribution >= 0.6 is 0 Å². The molecule has 0 unspecified atom stereocenters. The highest BCUT2D eigenvalue weighted by Crippen LogP contribution is 2.30. The van der Waals surface area contributed by atoms with Crippen molar-refractivity contribution >= 4 is 33.2 Å². The van der Waals surface area contributed by atoms with Gasteiger partial charge in [-0.25, -0.2) is 8.42 Å². The second kappa shape index (κ2) is 13.1. The molecule has 39 heavy (non-hydrogen) atoms. The molecular weight excluding hydrogens is 522 g/mol. The predicted octanol–water partition coefficient (Wildman–Crippen LogP) is 4.31. The number of anilines is 2. The van der Waals surface area contributed by atoms with Crippen molar-refractivity contribution in [3.63, 3.8) is 0 Å². The van der Waals surface area contributed by atoms with Gasteiger partial charge < -0.3 is 24.8 Å². The topological polar surface area (TPSA) is 123 Å². The van der Waals surface area contributed by atoms with Crippen LogP contribution in [0.4, 0.5) is 11.4 Å². The molecule has 0 saturated heterocycles. The SMILES string of the molecule is CCN(CC)S(=O)(=O)c1cc(NC(=O)c2ccc(OCC(=O)Nc3ccccc3OC)c(OC)c2)ccc1C. The monoisotopic (exact) mass is 555 g/mol. The Morgan fingerprint density at radius 1 is 0.846 bits per heavy atom. The normalized spacial score (nSPS) is 11.1. The third-order valence-corrected chi connectivity index (χ3v) is 8.13. The van der Waals surface area contributed by atoms with Gasteiger partial charge in [-0.2, -0.15) is 4.31 Å². The van der Waals surface area contributed by atoms with Gasteiger partial charge in [-0.15, -0.1) is 0 Å². The van der Waals surface area contributed by atoms with Crippen molar-refractivity contribution in [2.45, 2.75) is 25.7 Å². The van der Waals surface area contributed by atoms with Gasteiger partial charge in [-0.05, 0) is 55.0 Å². The first-order chi connectivity index (χ1) is 18.6. The van der Waals surface area contributed by atoms with Gasteiger partial charge in [0.25, 0.3) is 11.8 Å². The maximum atomic E-state index is 13.0. The highest BCUT2D eigenvalue weighted by atomic mass is 32.2. The number of carbonyl (C=O) groups excluding carboxylic acids is 2. The molecule has 0 atom stereocenters. The molecule has 11 heteroatoms. The summed E-state index contributed by atoms with van der Waals surface area (Å²) in [6.07, 6.45) is 0. The average Bonchev–Trinajstić information content (AvgIpc) is 2.93. The van der Waals surface area contributed by atoms with Crippen LogP contribution in [0.1, 0.15) is 29.8 Å². The number of amides is 2. The van der Waals surface area contributed by atoms with Crippen LogP contribution in [0.15, 0.2) is 65.6 Å². The predicted molar refractivity (Wildman–Crippen MR) is 149 cm³/mol. The van der Waals surface area contributed by atoms with Crippen LogP contribution < -0.4 is 24.8 Å². The second-order valence-electron chi connectivity index (χ2n) is 8.43. The lowest BCUT2D eigenvalue weighted by molar-refractivity contribution is -0.118. The average molecular weight is 556 g/mol. The molecule has 0 aliphatic carbocycles. The van der Waals surface area contributed by atoms with Crippen LogP contribution in [0.25, 0.3) is 0 Å². The van der Waals surface area contributed by atoms with Gasteiger partial charge in [0.15, 0.2) is 18.1 Å². The van der Waals surface area contributed by atoms with E-state index in [0.717, 1.165) is 0 Å². The Labute approximate surface area is 228 Å². The minimum atomic E-state index is -3.70. The van der Waals surface area contributed by atoms with Gasteiger partial charge in [0, 0.05) is 24.3 Å². The second-order valence-corrected chi connectivity index (χ2v) is 10.3. The molecule has 2 N–H and O–H groups in total. The number of ether oxygens (including phenoxy) is 3. The standard InChI is InChI=1S/C28H33N3O7S/c1-6-31(7-2)39(34,35)26-17-21(14-12-19(26)3)29-28(33)20-13-15-24(25(16-20)37-5)38-18-27(32)30-22-10-8-9-11-23(22)36-4/h8-17H,6-7,18H2,1-5H3,(H,29,33)(H,30,32). The lowest BCUT2D eigenvalue weighted by atomic mass is 10.1. The van der Waals surface area contributed by atoms with Gasteiger partial charge in [-0.3, -0.25) is 9.59 Å². The maximum Gasteiger partial charge on any atom is 0.262 e. The molecule has 208 valence electrons. The van der Waals surface area contributed by atoms with Crippen molar-refractivity contribution in [1.82, 2.24) is 4.31 Å². The number of carbonyl (C=O) groups is 2. The quantitative estimate of drug-likeness (QED) is 0.341. The Morgan fingerprint density at radius 3 is 2.21 bits per heavy atom. The summed E-state index contributed by atoms with van der Waals surface area (Å²) in [6.45, 7) is 5.64. The molecule has 0 saturated carbocycles. The molecule has 0 aliphatic heterocycles. The van der Waals surface area contributed by atoms with Gasteiger partial charge in [0.05, 0.1) is 24.8 Å². The number of hydrogen-bond donors (Lipinski definition) is 2. The first kappa shape index (κ1) is 29.5. The van der Waals surface area contributed by atoms with E-state index in [1.165, 1.54) is 42.8 Å². The molecule has 0 fully saturated rings. The third-order valence-electron chi connectivity index (χ3n) is 5.93. The highest BCUT2D eigenvalue weighted by Gasteiger charge is 2.24. The van der Waals surface area contributed by atoms with Crippen molar-refractivity contribution in [3.05, 3.63) is 71.8 Å². The molecule has 0 spiro atoms. The van der Waals surface area contributed by atoms with Crippen LogP contribution in [0.3, 0.4) is 0 Å². The number of aryl methyl sites for hydroxylation is 1. The van der Waals surface area contributed by atoms with Crippen molar-refractivity contribution in [1.29, 1.82) is 0 Å². The van der Waals surface area contributed by atoms with E-state index >= 15 is 0 Å². The molecule has 0 bridgehead atoms. The molecule has 3 aromatic carbocycles. The minimum absolute atomic E-state index is 0.136. The summed E-state index contributed by atoms with van der Waals surface area (Å²) in [5.41, 5.74) is 1.68. The molecule has 2 amide bonds. The molecule has 0 aliphatic rings. The fourth-order valence-electron chi connectivity index (χ4n) is 3.87. The third kappa shape index (κ3) is 7.06. The molecule has 0 radical (unpaired) electrons. The number of sulfonamides is 1. The van der Waals surface area contributed by atoms with E-state index in [1.807, 2.05) is 0 Å². The van der Waals surface area contributed by atoms with E-state index in [1.54, 1.807) is 57.2 Å². The summed E-state index contributed by atoms with van der Waals surface area (Å²) in [5.74, 6) is 0.167. The Bertz CT molecular complexity index is 1440. The van der Waals surface area contributed by atoms with Crippen LogP contribution in [-0.4, -0.2) is 58.5 Å². The Hall–Kier alpha value is -4.09. The number of benzene rings is 3. The number of para-hydroxylation sites is 2. The zero-order valence-corrected chi connectivity index (χ0v) is 23.4. The summed E-state index contributed by atoms with van der Waals surface area (Å²) < 4.78 is 43.6. The van der Waals surface area contributed by atoms with Crippen molar-refractivity contribution in [2.24, 2.45) is 0 Å². The number of nitrogens with one attached hydrogen (secondary N) is 2. The Morgan fingerprint density at radius 2 is 1.54 bits per heavy atom. The molecule has 0 aromatic heterocycles. The zero-order valence-electron chi connectivity index (χ0n) is 22.6.